The summed E-state index contributed by atoms with van der Waals surface area (Å²) < 4.78 is 0. The van der Waals surface area contributed by atoms with Gasteiger partial charge in [0.05, 0.1) is 0 Å². The van der Waals surface area contributed by atoms with E-state index in [-0.39, 0.29) is 34.9 Å². The highest BCUT2D eigenvalue weighted by atomic mass is 16.3. The van der Waals surface area contributed by atoms with Crippen LogP contribution in [0.2, 0.25) is 0 Å². The molecule has 2 saturated carbocycles. The van der Waals surface area contributed by atoms with Crippen LogP contribution in [0.5, 0.6) is 0 Å². The van der Waals surface area contributed by atoms with Crippen LogP contribution < -0.4 is 0 Å². The van der Waals surface area contributed by atoms with Crippen molar-refractivity contribution in [3.8, 4) is 0 Å². The first kappa shape index (κ1) is 17.2. The molecule has 3 nitrogen and oxygen atoms in total. The number of Topliss-reactive ketones (excluding diaryl/α,β-unsaturated/α-hetero) is 1. The van der Waals surface area contributed by atoms with Crippen molar-refractivity contribution in [1.82, 2.24) is 0 Å². The van der Waals surface area contributed by atoms with Crippen LogP contribution in [0.4, 0.5) is 0 Å². The first-order chi connectivity index (χ1) is 11.8. The van der Waals surface area contributed by atoms with Crippen LogP contribution in [0.1, 0.15) is 59.3 Å². The van der Waals surface area contributed by atoms with Gasteiger partial charge < -0.3 is 5.11 Å². The Bertz CT molecular complexity index is 687. The number of hydrogen-bond donors (Lipinski definition) is 1. The molecule has 3 heteroatoms. The molecule has 0 aromatic carbocycles. The van der Waals surface area contributed by atoms with Crippen molar-refractivity contribution in [3.63, 3.8) is 0 Å². The first-order valence-corrected chi connectivity index (χ1v) is 9.89. The van der Waals surface area contributed by atoms with E-state index in [1.807, 2.05) is 6.08 Å². The zero-order chi connectivity index (χ0) is 18.0. The van der Waals surface area contributed by atoms with Crippen LogP contribution in [0.15, 0.2) is 23.3 Å². The standard InChI is InChI=1S/C22H30O3/c1-13-10-18-16-5-4-14-11-15(24)6-8-21(14,2)17(16)7-9-22(18,3)20(13)19(25)12-23/h7,11,13,16,18,20,23H,4-6,8-10,12H2,1-3H3/t13?,16?,18?,20-,21+,22+/m1/s1. The van der Waals surface area contributed by atoms with Gasteiger partial charge in [0.1, 0.15) is 6.61 Å². The van der Waals surface area contributed by atoms with Gasteiger partial charge in [0.15, 0.2) is 11.6 Å². The van der Waals surface area contributed by atoms with Gasteiger partial charge in [0.2, 0.25) is 0 Å². The molecule has 0 bridgehead atoms. The van der Waals surface area contributed by atoms with E-state index in [0.29, 0.717) is 24.2 Å². The van der Waals surface area contributed by atoms with Crippen LogP contribution in [-0.4, -0.2) is 23.3 Å². The van der Waals surface area contributed by atoms with Crippen LogP contribution in [0.25, 0.3) is 0 Å². The minimum absolute atomic E-state index is 0.0158. The maximum Gasteiger partial charge on any atom is 0.162 e. The Morgan fingerprint density at radius 1 is 1.32 bits per heavy atom. The van der Waals surface area contributed by atoms with Crippen molar-refractivity contribution in [3.05, 3.63) is 23.3 Å². The van der Waals surface area contributed by atoms with E-state index in [1.165, 1.54) is 5.57 Å². The van der Waals surface area contributed by atoms with E-state index >= 15 is 0 Å². The summed E-state index contributed by atoms with van der Waals surface area (Å²) in [4.78, 5) is 24.3. The third kappa shape index (κ3) is 2.27. The predicted molar refractivity (Wildman–Crippen MR) is 96.8 cm³/mol. The summed E-state index contributed by atoms with van der Waals surface area (Å²) in [6.45, 7) is 6.48. The minimum atomic E-state index is -0.328. The number of allylic oxidation sites excluding steroid dienone is 4. The number of ketones is 2. The summed E-state index contributed by atoms with van der Waals surface area (Å²) in [5.41, 5.74) is 2.92. The molecule has 136 valence electrons. The molecule has 0 heterocycles. The normalized spacial score (nSPS) is 45.8. The second kappa shape index (κ2) is 5.64. The van der Waals surface area contributed by atoms with Crippen molar-refractivity contribution in [2.45, 2.75) is 59.3 Å². The lowest BCUT2D eigenvalue weighted by Crippen LogP contribution is -2.46. The number of carbonyl (C=O) groups excluding carboxylic acids is 2. The highest BCUT2D eigenvalue weighted by Crippen LogP contribution is 2.65. The molecule has 3 unspecified atom stereocenters. The first-order valence-electron chi connectivity index (χ1n) is 9.89. The Morgan fingerprint density at radius 3 is 2.80 bits per heavy atom. The maximum absolute atomic E-state index is 12.5. The zero-order valence-electron chi connectivity index (χ0n) is 15.7. The molecule has 1 N–H and O–H groups in total. The molecular weight excluding hydrogens is 312 g/mol. The van der Waals surface area contributed by atoms with Gasteiger partial charge in [-0.1, -0.05) is 38.0 Å². The SMILES string of the molecule is CC1CC2C3CCC4=CC(=O)CC[C@]4(C)C3=CC[C@]2(C)[C@H]1C(=O)CO. The Hall–Kier alpha value is -1.22. The summed E-state index contributed by atoms with van der Waals surface area (Å²) in [5.74, 6) is 1.71. The molecular formula is C22H30O3. The Morgan fingerprint density at radius 2 is 2.08 bits per heavy atom. The van der Waals surface area contributed by atoms with E-state index in [2.05, 4.69) is 26.8 Å². The molecule has 0 aliphatic heterocycles. The number of rotatable bonds is 2. The van der Waals surface area contributed by atoms with Crippen molar-refractivity contribution >= 4 is 11.6 Å². The maximum atomic E-state index is 12.5. The molecule has 0 spiro atoms. The van der Waals surface area contributed by atoms with Crippen LogP contribution in [0, 0.1) is 34.5 Å². The average Bonchev–Trinajstić information content (AvgIpc) is 2.85. The monoisotopic (exact) mass is 342 g/mol. The van der Waals surface area contributed by atoms with Gasteiger partial charge in [0.25, 0.3) is 0 Å². The van der Waals surface area contributed by atoms with Gasteiger partial charge in [0, 0.05) is 17.8 Å². The summed E-state index contributed by atoms with van der Waals surface area (Å²) in [6.07, 6.45) is 10.1. The third-order valence-electron chi connectivity index (χ3n) is 8.18. The van der Waals surface area contributed by atoms with Crippen molar-refractivity contribution in [2.24, 2.45) is 34.5 Å². The lowest BCUT2D eigenvalue weighted by atomic mass is 9.51. The van der Waals surface area contributed by atoms with Gasteiger partial charge in [-0.05, 0) is 61.3 Å². The molecule has 2 fully saturated rings. The summed E-state index contributed by atoms with van der Waals surface area (Å²) in [7, 11) is 0. The van der Waals surface area contributed by atoms with Gasteiger partial charge in [-0.3, -0.25) is 9.59 Å². The second-order valence-corrected chi connectivity index (χ2v) is 9.40. The summed E-state index contributed by atoms with van der Waals surface area (Å²) in [6, 6.07) is 0. The molecule has 4 rings (SSSR count). The molecule has 0 saturated heterocycles. The highest BCUT2D eigenvalue weighted by molar-refractivity contribution is 5.92. The minimum Gasteiger partial charge on any atom is -0.389 e. The predicted octanol–water partition coefficient (Wildman–Crippen LogP) is 3.86. The van der Waals surface area contributed by atoms with Crippen molar-refractivity contribution in [1.29, 1.82) is 0 Å². The van der Waals surface area contributed by atoms with E-state index in [4.69, 9.17) is 0 Å². The Labute approximate surface area is 150 Å². The molecule has 0 aromatic heterocycles. The lowest BCUT2D eigenvalue weighted by Gasteiger charge is -2.53. The zero-order valence-corrected chi connectivity index (χ0v) is 15.7. The van der Waals surface area contributed by atoms with Crippen molar-refractivity contribution in [2.75, 3.05) is 6.61 Å². The van der Waals surface area contributed by atoms with E-state index in [0.717, 1.165) is 32.1 Å². The number of aliphatic hydroxyl groups is 1. The van der Waals surface area contributed by atoms with Crippen molar-refractivity contribution < 1.29 is 14.7 Å². The molecule has 4 aliphatic carbocycles. The van der Waals surface area contributed by atoms with Gasteiger partial charge in [-0.15, -0.1) is 0 Å². The van der Waals surface area contributed by atoms with E-state index < -0.39 is 0 Å². The fourth-order valence-corrected chi connectivity index (χ4v) is 7.01. The molecule has 25 heavy (non-hydrogen) atoms. The van der Waals surface area contributed by atoms with Gasteiger partial charge >= 0.3 is 0 Å². The lowest BCUT2D eigenvalue weighted by molar-refractivity contribution is -0.131. The average molecular weight is 342 g/mol. The van der Waals surface area contributed by atoms with E-state index in [9.17, 15) is 14.7 Å². The smallest absolute Gasteiger partial charge is 0.162 e. The number of aliphatic hydroxyl groups excluding tert-OH is 1. The topological polar surface area (TPSA) is 54.4 Å². The highest BCUT2D eigenvalue weighted by Gasteiger charge is 2.59. The van der Waals surface area contributed by atoms with Crippen LogP contribution in [0.3, 0.4) is 0 Å². The van der Waals surface area contributed by atoms with Crippen LogP contribution in [-0.2, 0) is 9.59 Å². The van der Waals surface area contributed by atoms with Gasteiger partial charge in [-0.2, -0.15) is 0 Å². The fraction of sp³-hybridized carbons (Fsp3) is 0.727. The van der Waals surface area contributed by atoms with E-state index in [1.54, 1.807) is 5.57 Å². The largest absolute Gasteiger partial charge is 0.389 e. The van der Waals surface area contributed by atoms with Gasteiger partial charge in [-0.25, -0.2) is 0 Å². The Balaban J connectivity index is 1.74. The molecule has 0 amide bonds. The molecule has 0 radical (unpaired) electrons. The second-order valence-electron chi connectivity index (χ2n) is 9.40. The number of hydrogen-bond acceptors (Lipinski definition) is 3. The third-order valence-corrected chi connectivity index (χ3v) is 8.18. The number of carbonyl (C=O) groups is 2. The molecule has 6 atom stereocenters. The summed E-state index contributed by atoms with van der Waals surface area (Å²) >= 11 is 0. The Kier molecular flexibility index (Phi) is 3.88. The molecule has 0 aromatic rings. The van der Waals surface area contributed by atoms with Crippen LogP contribution >= 0.6 is 0 Å². The molecule has 4 aliphatic rings. The quantitative estimate of drug-likeness (QED) is 0.775. The summed E-state index contributed by atoms with van der Waals surface area (Å²) in [5, 5.41) is 9.47. The number of fused-ring (bicyclic) bond motifs is 5. The fourth-order valence-electron chi connectivity index (χ4n) is 7.01.